The number of carbonyl (C=O) groups excluding carboxylic acids is 2. The molecule has 1 aromatic rings. The molecule has 1 heterocycles. The molecule has 1 N–H and O–H groups in total. The van der Waals surface area contributed by atoms with Crippen LogP contribution >= 0.6 is 0 Å². The van der Waals surface area contributed by atoms with Crippen LogP contribution in [0.1, 0.15) is 25.3 Å². The zero-order valence-corrected chi connectivity index (χ0v) is 11.0. The minimum absolute atomic E-state index is 0.0348. The van der Waals surface area contributed by atoms with Gasteiger partial charge in [-0.3, -0.25) is 9.59 Å². The van der Waals surface area contributed by atoms with Gasteiger partial charge in [0.2, 0.25) is 11.8 Å². The number of nitrogens with one attached hydrogen (secondary N) is 1. The van der Waals surface area contributed by atoms with Gasteiger partial charge < -0.3 is 10.2 Å². The highest BCUT2D eigenvalue weighted by atomic mass is 16.2. The standard InChI is InChI=1S/C15H18N2O2/c1-10-14(18)16-13(9-11-5-3-2-4-6-11)15(19)17(10)12-7-8-12/h2-6,10,12-13H,7-9H2,1H3,(H,16,18). The van der Waals surface area contributed by atoms with E-state index in [-0.39, 0.29) is 23.9 Å². The summed E-state index contributed by atoms with van der Waals surface area (Å²) in [6, 6.07) is 9.36. The maximum Gasteiger partial charge on any atom is 0.246 e. The summed E-state index contributed by atoms with van der Waals surface area (Å²) in [6.45, 7) is 1.81. The molecule has 1 aromatic carbocycles. The van der Waals surface area contributed by atoms with Gasteiger partial charge in [-0.15, -0.1) is 0 Å². The second-order valence-corrected chi connectivity index (χ2v) is 5.40. The summed E-state index contributed by atoms with van der Waals surface area (Å²) in [5.74, 6) is 0.0332. The number of benzene rings is 1. The van der Waals surface area contributed by atoms with E-state index in [4.69, 9.17) is 0 Å². The van der Waals surface area contributed by atoms with E-state index >= 15 is 0 Å². The van der Waals surface area contributed by atoms with Gasteiger partial charge in [-0.1, -0.05) is 30.3 Å². The quantitative estimate of drug-likeness (QED) is 0.883. The van der Waals surface area contributed by atoms with Crippen LogP contribution in [0.3, 0.4) is 0 Å². The summed E-state index contributed by atoms with van der Waals surface area (Å²) in [4.78, 5) is 26.2. The number of nitrogens with zero attached hydrogens (tertiary/aromatic N) is 1. The van der Waals surface area contributed by atoms with Crippen molar-refractivity contribution in [1.82, 2.24) is 10.2 Å². The molecule has 1 saturated carbocycles. The van der Waals surface area contributed by atoms with Gasteiger partial charge in [-0.25, -0.2) is 0 Å². The van der Waals surface area contributed by atoms with Crippen LogP contribution in [0.4, 0.5) is 0 Å². The molecule has 0 bridgehead atoms. The third-order valence-corrected chi connectivity index (χ3v) is 3.89. The predicted octanol–water partition coefficient (Wildman–Crippen LogP) is 1.11. The lowest BCUT2D eigenvalue weighted by Gasteiger charge is -2.37. The normalized spacial score (nSPS) is 27.3. The maximum absolute atomic E-state index is 12.5. The topological polar surface area (TPSA) is 49.4 Å². The van der Waals surface area contributed by atoms with Gasteiger partial charge in [0.15, 0.2) is 0 Å². The molecule has 2 atom stereocenters. The maximum atomic E-state index is 12.5. The molecule has 1 aliphatic heterocycles. The average molecular weight is 258 g/mol. The van der Waals surface area contributed by atoms with Gasteiger partial charge in [0.25, 0.3) is 0 Å². The summed E-state index contributed by atoms with van der Waals surface area (Å²) in [6.07, 6.45) is 2.63. The summed E-state index contributed by atoms with van der Waals surface area (Å²) < 4.78 is 0. The fraction of sp³-hybridized carbons (Fsp3) is 0.467. The number of hydrogen-bond acceptors (Lipinski definition) is 2. The van der Waals surface area contributed by atoms with Crippen LogP contribution in [0, 0.1) is 0 Å². The molecule has 1 aliphatic carbocycles. The third-order valence-electron chi connectivity index (χ3n) is 3.89. The molecule has 100 valence electrons. The van der Waals surface area contributed by atoms with E-state index in [2.05, 4.69) is 5.32 Å². The van der Waals surface area contributed by atoms with Crippen molar-refractivity contribution in [1.29, 1.82) is 0 Å². The molecule has 0 aromatic heterocycles. The molecular formula is C15H18N2O2. The fourth-order valence-corrected chi connectivity index (χ4v) is 2.69. The lowest BCUT2D eigenvalue weighted by atomic mass is 10.0. The summed E-state index contributed by atoms with van der Waals surface area (Å²) >= 11 is 0. The van der Waals surface area contributed by atoms with Gasteiger partial charge in [0.05, 0.1) is 0 Å². The summed E-state index contributed by atoms with van der Waals surface area (Å²) in [7, 11) is 0. The summed E-state index contributed by atoms with van der Waals surface area (Å²) in [5.41, 5.74) is 1.08. The second-order valence-electron chi connectivity index (χ2n) is 5.40. The highest BCUT2D eigenvalue weighted by Crippen LogP contribution is 2.31. The van der Waals surface area contributed by atoms with E-state index in [1.165, 1.54) is 0 Å². The van der Waals surface area contributed by atoms with Crippen molar-refractivity contribution in [2.75, 3.05) is 0 Å². The van der Waals surface area contributed by atoms with Crippen molar-refractivity contribution in [3.63, 3.8) is 0 Å². The Labute approximate surface area is 112 Å². The summed E-state index contributed by atoms with van der Waals surface area (Å²) in [5, 5.41) is 2.85. The Morgan fingerprint density at radius 2 is 1.89 bits per heavy atom. The number of piperazine rings is 1. The van der Waals surface area contributed by atoms with Gasteiger partial charge >= 0.3 is 0 Å². The molecule has 0 spiro atoms. The number of rotatable bonds is 3. The first-order valence-electron chi connectivity index (χ1n) is 6.83. The van der Waals surface area contributed by atoms with Gasteiger partial charge in [-0.2, -0.15) is 0 Å². The number of amides is 2. The number of carbonyl (C=O) groups is 2. The van der Waals surface area contributed by atoms with Gasteiger partial charge in [0, 0.05) is 12.5 Å². The van der Waals surface area contributed by atoms with E-state index < -0.39 is 6.04 Å². The highest BCUT2D eigenvalue weighted by molar-refractivity contribution is 5.97. The molecule has 19 heavy (non-hydrogen) atoms. The largest absolute Gasteiger partial charge is 0.342 e. The molecule has 0 radical (unpaired) electrons. The van der Waals surface area contributed by atoms with Crippen molar-refractivity contribution in [2.24, 2.45) is 0 Å². The van der Waals surface area contributed by atoms with Crippen LogP contribution < -0.4 is 5.32 Å². The average Bonchev–Trinajstić information content (AvgIpc) is 3.22. The molecule has 3 rings (SSSR count). The molecule has 1 saturated heterocycles. The van der Waals surface area contributed by atoms with E-state index in [0.717, 1.165) is 18.4 Å². The van der Waals surface area contributed by atoms with Crippen molar-refractivity contribution >= 4 is 11.8 Å². The van der Waals surface area contributed by atoms with Crippen molar-refractivity contribution in [3.8, 4) is 0 Å². The first-order valence-corrected chi connectivity index (χ1v) is 6.83. The van der Waals surface area contributed by atoms with Crippen LogP contribution in [-0.4, -0.2) is 34.8 Å². The monoisotopic (exact) mass is 258 g/mol. The van der Waals surface area contributed by atoms with Crippen molar-refractivity contribution < 1.29 is 9.59 Å². The lowest BCUT2D eigenvalue weighted by Crippen LogP contribution is -2.63. The predicted molar refractivity (Wildman–Crippen MR) is 71.4 cm³/mol. The van der Waals surface area contributed by atoms with E-state index in [1.54, 1.807) is 4.90 Å². The zero-order chi connectivity index (χ0) is 13.4. The highest BCUT2D eigenvalue weighted by Gasteiger charge is 2.44. The van der Waals surface area contributed by atoms with Crippen LogP contribution in [-0.2, 0) is 16.0 Å². The van der Waals surface area contributed by atoms with Crippen LogP contribution in [0.5, 0.6) is 0 Å². The molecule has 2 unspecified atom stereocenters. The van der Waals surface area contributed by atoms with E-state index in [0.29, 0.717) is 6.42 Å². The van der Waals surface area contributed by atoms with Gasteiger partial charge in [-0.05, 0) is 25.3 Å². The molecule has 2 amide bonds. The first kappa shape index (κ1) is 12.2. The van der Waals surface area contributed by atoms with Crippen LogP contribution in [0.25, 0.3) is 0 Å². The molecule has 4 heteroatoms. The lowest BCUT2D eigenvalue weighted by molar-refractivity contribution is -0.149. The Kier molecular flexibility index (Phi) is 3.01. The Bertz CT molecular complexity index is 496. The van der Waals surface area contributed by atoms with Crippen LogP contribution in [0.2, 0.25) is 0 Å². The Morgan fingerprint density at radius 3 is 2.53 bits per heavy atom. The zero-order valence-electron chi connectivity index (χ0n) is 11.0. The van der Waals surface area contributed by atoms with E-state index in [9.17, 15) is 9.59 Å². The molecule has 2 fully saturated rings. The third kappa shape index (κ3) is 2.35. The number of hydrogen-bond donors (Lipinski definition) is 1. The first-order chi connectivity index (χ1) is 9.16. The van der Waals surface area contributed by atoms with Crippen molar-refractivity contribution in [2.45, 2.75) is 44.3 Å². The van der Waals surface area contributed by atoms with Crippen LogP contribution in [0.15, 0.2) is 30.3 Å². The smallest absolute Gasteiger partial charge is 0.246 e. The minimum atomic E-state index is -0.410. The van der Waals surface area contributed by atoms with E-state index in [1.807, 2.05) is 37.3 Å². The Hall–Kier alpha value is -1.84. The fourth-order valence-electron chi connectivity index (χ4n) is 2.69. The molecule has 4 nitrogen and oxygen atoms in total. The molecule has 2 aliphatic rings. The minimum Gasteiger partial charge on any atom is -0.342 e. The SMILES string of the molecule is CC1C(=O)NC(Cc2ccccc2)C(=O)N1C1CC1. The van der Waals surface area contributed by atoms with Gasteiger partial charge in [0.1, 0.15) is 12.1 Å². The second kappa shape index (κ2) is 4.68. The molecular weight excluding hydrogens is 240 g/mol. The Balaban J connectivity index is 1.78. The Morgan fingerprint density at radius 1 is 1.21 bits per heavy atom. The van der Waals surface area contributed by atoms with Crippen molar-refractivity contribution in [3.05, 3.63) is 35.9 Å².